The Morgan fingerprint density at radius 2 is 2.23 bits per heavy atom. The molecule has 0 aromatic heterocycles. The first-order valence-corrected chi connectivity index (χ1v) is 4.83. The van der Waals surface area contributed by atoms with Crippen molar-refractivity contribution in [3.8, 4) is 0 Å². The van der Waals surface area contributed by atoms with Crippen LogP contribution in [0, 0.1) is 0 Å². The number of hydrogen-bond donors (Lipinski definition) is 0. The van der Waals surface area contributed by atoms with Crippen molar-refractivity contribution >= 4 is 9.24 Å². The van der Waals surface area contributed by atoms with Gasteiger partial charge in [-0.25, -0.2) is 0 Å². The lowest BCUT2D eigenvalue weighted by Crippen LogP contribution is -2.70. The quantitative estimate of drug-likeness (QED) is 0.387. The van der Waals surface area contributed by atoms with Crippen molar-refractivity contribution in [3.05, 3.63) is 12.1 Å². The third-order valence-corrected chi connectivity index (χ3v) is 2.56. The van der Waals surface area contributed by atoms with Crippen LogP contribution in [0.4, 0.5) is 0 Å². The first kappa shape index (κ1) is 10.9. The highest BCUT2D eigenvalue weighted by molar-refractivity contribution is 7.21. The van der Waals surface area contributed by atoms with Crippen LogP contribution >= 0.6 is 9.24 Å². The topological polar surface area (TPSA) is 21.7 Å². The summed E-state index contributed by atoms with van der Waals surface area (Å²) < 4.78 is 5.95. The van der Waals surface area contributed by atoms with Crippen LogP contribution < -0.4 is 0 Å². The molecule has 13 heavy (non-hydrogen) atoms. The smallest absolute Gasteiger partial charge is 0.286 e. The van der Waals surface area contributed by atoms with E-state index in [1.807, 2.05) is 19.1 Å². The van der Waals surface area contributed by atoms with Crippen molar-refractivity contribution < 1.29 is 14.3 Å². The summed E-state index contributed by atoms with van der Waals surface area (Å²) in [6, 6.07) is 0. The van der Waals surface area contributed by atoms with Gasteiger partial charge in [-0.1, -0.05) is 20.6 Å². The molecule has 0 amide bonds. The second-order valence-corrected chi connectivity index (χ2v) is 3.98. The summed E-state index contributed by atoms with van der Waals surface area (Å²) in [5.74, 6) is 0. The van der Waals surface area contributed by atoms with Gasteiger partial charge >= 0.3 is 0 Å². The van der Waals surface area contributed by atoms with Crippen molar-refractivity contribution in [2.24, 2.45) is 0 Å². The Morgan fingerprint density at radius 1 is 1.62 bits per heavy atom. The average molecular weight is 205 g/mol. The van der Waals surface area contributed by atoms with Crippen LogP contribution in [0.25, 0.3) is 0 Å². The molecule has 1 rings (SSSR count). The molecule has 5 heteroatoms. The maximum absolute atomic E-state index is 5.53. The molecule has 1 aliphatic rings. The number of nitrogens with zero attached hydrogens (tertiary/aromatic N) is 2. The molecule has 0 aromatic carbocycles. The van der Waals surface area contributed by atoms with Crippen molar-refractivity contribution in [1.82, 2.24) is 5.01 Å². The Morgan fingerprint density at radius 3 is 2.46 bits per heavy atom. The zero-order chi connectivity index (χ0) is 10.1. The fraction of sp³-hybridized carbons (Fsp3) is 0.750. The molecule has 1 heterocycles. The van der Waals surface area contributed by atoms with Crippen molar-refractivity contribution in [2.45, 2.75) is 12.6 Å². The fourth-order valence-electron chi connectivity index (χ4n) is 1.60. The van der Waals surface area contributed by atoms with Gasteiger partial charge in [-0.2, -0.15) is 4.84 Å². The number of rotatable bonds is 4. The number of quaternary nitrogens is 1. The van der Waals surface area contributed by atoms with E-state index in [1.165, 1.54) is 0 Å². The minimum atomic E-state index is 0.0463. The molecular weight excluding hydrogens is 187 g/mol. The van der Waals surface area contributed by atoms with Gasteiger partial charge in [0.05, 0.1) is 13.5 Å². The van der Waals surface area contributed by atoms with E-state index in [1.54, 1.807) is 7.11 Å². The summed E-state index contributed by atoms with van der Waals surface area (Å²) in [4.78, 5) is 5.44. The maximum atomic E-state index is 5.53. The van der Waals surface area contributed by atoms with E-state index in [-0.39, 0.29) is 6.23 Å². The third-order valence-electron chi connectivity index (χ3n) is 2.43. The van der Waals surface area contributed by atoms with Gasteiger partial charge in [-0.3, -0.25) is 0 Å². The molecule has 76 valence electrons. The zero-order valence-electron chi connectivity index (χ0n) is 8.49. The van der Waals surface area contributed by atoms with Gasteiger partial charge in [0.25, 0.3) is 6.23 Å². The van der Waals surface area contributed by atoms with Crippen LogP contribution in [-0.2, 0) is 9.57 Å². The Balaban J connectivity index is 2.62. The first-order chi connectivity index (χ1) is 6.03. The molecule has 1 fully saturated rings. The standard InChI is InChI=1S/C8H18N2O2P/c1-7(13)12-8-5-6-10(8,11-4)9(2)3/h8H,1,5-6,13H2,2-4H3/q+1. The van der Waals surface area contributed by atoms with Gasteiger partial charge in [-0.15, -0.1) is 5.01 Å². The van der Waals surface area contributed by atoms with Crippen molar-refractivity contribution in [3.63, 3.8) is 0 Å². The van der Waals surface area contributed by atoms with E-state index in [0.29, 0.717) is 10.3 Å². The largest absolute Gasteiger partial charge is 0.439 e. The molecule has 0 aromatic rings. The minimum absolute atomic E-state index is 0.0463. The molecule has 3 unspecified atom stereocenters. The summed E-state index contributed by atoms with van der Waals surface area (Å²) >= 11 is 0. The second kappa shape index (κ2) is 3.93. The number of ether oxygens (including phenoxy) is 1. The lowest BCUT2D eigenvalue weighted by Gasteiger charge is -2.49. The van der Waals surface area contributed by atoms with Gasteiger partial charge < -0.3 is 4.74 Å². The summed E-state index contributed by atoms with van der Waals surface area (Å²) in [7, 11) is 8.09. The second-order valence-electron chi connectivity index (χ2n) is 3.34. The van der Waals surface area contributed by atoms with Crippen LogP contribution in [0.15, 0.2) is 12.1 Å². The highest BCUT2D eigenvalue weighted by atomic mass is 31.0. The fourth-order valence-corrected chi connectivity index (χ4v) is 1.76. The Bertz CT molecular complexity index is 206. The molecule has 1 aliphatic heterocycles. The number of hydrogen-bond acceptors (Lipinski definition) is 3. The van der Waals surface area contributed by atoms with E-state index < -0.39 is 0 Å². The van der Waals surface area contributed by atoms with Crippen molar-refractivity contribution in [1.29, 1.82) is 0 Å². The lowest BCUT2D eigenvalue weighted by molar-refractivity contribution is -1.24. The molecule has 0 bridgehead atoms. The average Bonchev–Trinajstić information content (AvgIpc) is 1.99. The molecule has 4 nitrogen and oxygen atoms in total. The van der Waals surface area contributed by atoms with E-state index in [9.17, 15) is 0 Å². The van der Waals surface area contributed by atoms with Crippen LogP contribution in [0.2, 0.25) is 0 Å². The summed E-state index contributed by atoms with van der Waals surface area (Å²) in [5.41, 5.74) is 0.658. The van der Waals surface area contributed by atoms with E-state index in [4.69, 9.17) is 9.57 Å². The van der Waals surface area contributed by atoms with Gasteiger partial charge in [0.15, 0.2) is 0 Å². The highest BCUT2D eigenvalue weighted by Gasteiger charge is 2.53. The van der Waals surface area contributed by atoms with E-state index in [0.717, 1.165) is 13.0 Å². The molecule has 0 aliphatic carbocycles. The van der Waals surface area contributed by atoms with Crippen LogP contribution in [0.1, 0.15) is 6.42 Å². The predicted molar refractivity (Wildman–Crippen MR) is 54.2 cm³/mol. The lowest BCUT2D eigenvalue weighted by atomic mass is 10.2. The SMILES string of the molecule is C=C(P)OC1CC[N+]1(OC)N(C)C. The first-order valence-electron chi connectivity index (χ1n) is 4.25. The molecule has 0 radical (unpaired) electrons. The number of hydroxylamine groups is 2. The molecule has 0 spiro atoms. The summed E-state index contributed by atoms with van der Waals surface area (Å²) in [6.45, 7) is 4.64. The van der Waals surface area contributed by atoms with E-state index >= 15 is 0 Å². The zero-order valence-corrected chi connectivity index (χ0v) is 9.64. The molecule has 0 saturated carbocycles. The van der Waals surface area contributed by atoms with Gasteiger partial charge in [-0.05, 0) is 0 Å². The van der Waals surface area contributed by atoms with Gasteiger partial charge in [0.1, 0.15) is 12.0 Å². The van der Waals surface area contributed by atoms with Crippen LogP contribution in [-0.4, -0.2) is 43.7 Å². The van der Waals surface area contributed by atoms with Gasteiger partial charge in [0, 0.05) is 14.1 Å². The molecule has 0 N–H and O–H groups in total. The summed E-state index contributed by atoms with van der Waals surface area (Å²) in [6.07, 6.45) is 1.05. The van der Waals surface area contributed by atoms with Crippen molar-refractivity contribution in [2.75, 3.05) is 27.7 Å². The monoisotopic (exact) mass is 205 g/mol. The highest BCUT2D eigenvalue weighted by Crippen LogP contribution is 2.32. The molecule has 1 saturated heterocycles. The summed E-state index contributed by atoms with van der Waals surface area (Å²) in [5, 5.41) is 2.00. The Hall–Kier alpha value is -0.150. The third kappa shape index (κ3) is 1.86. The molecular formula is C8H18N2O2P+. The Labute approximate surface area is 81.8 Å². The van der Waals surface area contributed by atoms with Gasteiger partial charge in [0.2, 0.25) is 0 Å². The Kier molecular flexibility index (Phi) is 3.30. The van der Waals surface area contributed by atoms with E-state index in [2.05, 4.69) is 15.8 Å². The van der Waals surface area contributed by atoms with Crippen LogP contribution in [0.5, 0.6) is 0 Å². The minimum Gasteiger partial charge on any atom is -0.439 e. The molecule has 3 atom stereocenters. The predicted octanol–water partition coefficient (Wildman–Crippen LogP) is 0.934. The normalized spacial score (nSPS) is 32.8. The maximum Gasteiger partial charge on any atom is 0.286 e. The van der Waals surface area contributed by atoms with Crippen LogP contribution in [0.3, 0.4) is 0 Å².